The van der Waals surface area contributed by atoms with E-state index in [-0.39, 0.29) is 12.6 Å². The van der Waals surface area contributed by atoms with Crippen LogP contribution in [-0.2, 0) is 4.74 Å². The molecule has 90 valence electrons. The van der Waals surface area contributed by atoms with Gasteiger partial charge in [0.1, 0.15) is 0 Å². The first-order chi connectivity index (χ1) is 7.77. The molecule has 0 saturated carbocycles. The van der Waals surface area contributed by atoms with Crippen LogP contribution in [0.1, 0.15) is 18.5 Å². The van der Waals surface area contributed by atoms with E-state index in [1.54, 1.807) is 7.11 Å². The lowest BCUT2D eigenvalue weighted by molar-refractivity contribution is 0.153. The first kappa shape index (κ1) is 13.2. The molecule has 0 fully saturated rings. The Labute approximate surface area is 97.4 Å². The van der Waals surface area contributed by atoms with Crippen molar-refractivity contribution in [3.8, 4) is 0 Å². The van der Waals surface area contributed by atoms with Gasteiger partial charge in [-0.1, -0.05) is 37.3 Å². The molecule has 0 heterocycles. The maximum atomic E-state index is 9.33. The van der Waals surface area contributed by atoms with Crippen LogP contribution in [0, 0.1) is 5.92 Å². The molecular formula is C13H21NO2. The third kappa shape index (κ3) is 4.31. The second-order valence-corrected chi connectivity index (χ2v) is 4.11. The Morgan fingerprint density at radius 1 is 1.31 bits per heavy atom. The molecule has 0 amide bonds. The zero-order valence-electron chi connectivity index (χ0n) is 10.0. The number of ether oxygens (including phenoxy) is 1. The largest absolute Gasteiger partial charge is 0.394 e. The van der Waals surface area contributed by atoms with E-state index in [0.29, 0.717) is 5.92 Å². The van der Waals surface area contributed by atoms with E-state index in [0.717, 1.165) is 18.7 Å². The van der Waals surface area contributed by atoms with E-state index in [2.05, 4.69) is 12.2 Å². The van der Waals surface area contributed by atoms with Gasteiger partial charge in [-0.15, -0.1) is 0 Å². The molecular weight excluding hydrogens is 202 g/mol. The van der Waals surface area contributed by atoms with Gasteiger partial charge < -0.3 is 15.2 Å². The molecule has 0 bridgehead atoms. The van der Waals surface area contributed by atoms with Crippen molar-refractivity contribution < 1.29 is 9.84 Å². The van der Waals surface area contributed by atoms with Crippen LogP contribution in [0.2, 0.25) is 0 Å². The Balaban J connectivity index is 2.44. The van der Waals surface area contributed by atoms with Crippen molar-refractivity contribution in [1.29, 1.82) is 0 Å². The van der Waals surface area contributed by atoms with Gasteiger partial charge in [0.25, 0.3) is 0 Å². The van der Waals surface area contributed by atoms with E-state index in [4.69, 9.17) is 4.74 Å². The Bertz CT molecular complexity index is 277. The van der Waals surface area contributed by atoms with Gasteiger partial charge in [-0.05, 0) is 11.5 Å². The molecule has 3 nitrogen and oxygen atoms in total. The zero-order chi connectivity index (χ0) is 11.8. The van der Waals surface area contributed by atoms with Crippen LogP contribution in [0.4, 0.5) is 0 Å². The van der Waals surface area contributed by atoms with Crippen molar-refractivity contribution in [3.63, 3.8) is 0 Å². The van der Waals surface area contributed by atoms with Crippen molar-refractivity contribution in [3.05, 3.63) is 35.9 Å². The summed E-state index contributed by atoms with van der Waals surface area (Å²) in [5.41, 5.74) is 1.12. The van der Waals surface area contributed by atoms with Crippen molar-refractivity contribution in [2.45, 2.75) is 13.0 Å². The molecule has 2 atom stereocenters. The van der Waals surface area contributed by atoms with E-state index < -0.39 is 0 Å². The highest BCUT2D eigenvalue weighted by Gasteiger charge is 2.10. The second kappa shape index (κ2) is 7.39. The molecule has 1 aromatic carbocycles. The van der Waals surface area contributed by atoms with Crippen molar-refractivity contribution in [1.82, 2.24) is 5.32 Å². The molecule has 16 heavy (non-hydrogen) atoms. The maximum absolute atomic E-state index is 9.33. The van der Waals surface area contributed by atoms with Crippen LogP contribution in [-0.4, -0.2) is 32.0 Å². The number of hydrogen-bond acceptors (Lipinski definition) is 3. The molecule has 1 unspecified atom stereocenters. The molecule has 0 aliphatic rings. The molecule has 0 aromatic heterocycles. The van der Waals surface area contributed by atoms with Gasteiger partial charge in [-0.2, -0.15) is 0 Å². The highest BCUT2D eigenvalue weighted by molar-refractivity contribution is 5.18. The topological polar surface area (TPSA) is 41.5 Å². The lowest BCUT2D eigenvalue weighted by Gasteiger charge is -2.19. The van der Waals surface area contributed by atoms with Gasteiger partial charge in [-0.3, -0.25) is 0 Å². The molecule has 0 spiro atoms. The van der Waals surface area contributed by atoms with Gasteiger partial charge in [0.05, 0.1) is 12.6 Å². The fraction of sp³-hybridized carbons (Fsp3) is 0.538. The third-order valence-corrected chi connectivity index (χ3v) is 2.55. The zero-order valence-corrected chi connectivity index (χ0v) is 10.0. The summed E-state index contributed by atoms with van der Waals surface area (Å²) in [5.74, 6) is 0.447. The fourth-order valence-electron chi connectivity index (χ4n) is 1.66. The summed E-state index contributed by atoms with van der Waals surface area (Å²) in [4.78, 5) is 0. The van der Waals surface area contributed by atoms with Gasteiger partial charge in [0, 0.05) is 20.3 Å². The monoisotopic (exact) mass is 223 g/mol. The summed E-state index contributed by atoms with van der Waals surface area (Å²) < 4.78 is 5.07. The molecule has 0 aliphatic carbocycles. The molecule has 0 aliphatic heterocycles. The smallest absolute Gasteiger partial charge is 0.0626 e. The maximum Gasteiger partial charge on any atom is 0.0626 e. The predicted molar refractivity (Wildman–Crippen MR) is 65.3 cm³/mol. The standard InChI is InChI=1S/C13H21NO2/c1-11(10-16-2)8-14-13(9-15)12-6-4-3-5-7-12/h3-7,11,13-15H,8-10H2,1-2H3/t11?,13-/m1/s1. The minimum atomic E-state index is 0.0144. The average Bonchev–Trinajstić information content (AvgIpc) is 2.31. The summed E-state index contributed by atoms with van der Waals surface area (Å²) in [6.45, 7) is 3.81. The van der Waals surface area contributed by atoms with E-state index in [9.17, 15) is 5.11 Å². The number of methoxy groups -OCH3 is 1. The minimum Gasteiger partial charge on any atom is -0.394 e. The number of aliphatic hydroxyl groups is 1. The highest BCUT2D eigenvalue weighted by atomic mass is 16.5. The number of rotatable bonds is 7. The lowest BCUT2D eigenvalue weighted by atomic mass is 10.1. The number of nitrogens with one attached hydrogen (secondary N) is 1. The predicted octanol–water partition coefficient (Wildman–Crippen LogP) is 1.59. The third-order valence-electron chi connectivity index (χ3n) is 2.55. The van der Waals surface area contributed by atoms with Crippen molar-refractivity contribution in [2.24, 2.45) is 5.92 Å². The van der Waals surface area contributed by atoms with Crippen LogP contribution in [0.5, 0.6) is 0 Å². The Morgan fingerprint density at radius 2 is 2.00 bits per heavy atom. The number of hydrogen-bond donors (Lipinski definition) is 2. The molecule has 0 radical (unpaired) electrons. The van der Waals surface area contributed by atoms with Gasteiger partial charge in [-0.25, -0.2) is 0 Å². The molecule has 2 N–H and O–H groups in total. The summed E-state index contributed by atoms with van der Waals surface area (Å²) in [7, 11) is 1.71. The van der Waals surface area contributed by atoms with Crippen molar-refractivity contribution in [2.75, 3.05) is 26.9 Å². The van der Waals surface area contributed by atoms with Crippen LogP contribution in [0.3, 0.4) is 0 Å². The van der Waals surface area contributed by atoms with Crippen LogP contribution >= 0.6 is 0 Å². The van der Waals surface area contributed by atoms with Gasteiger partial charge >= 0.3 is 0 Å². The summed E-state index contributed by atoms with van der Waals surface area (Å²) in [5, 5.41) is 12.7. The first-order valence-corrected chi connectivity index (χ1v) is 5.66. The normalized spacial score (nSPS) is 14.7. The minimum absolute atomic E-state index is 0.0144. The quantitative estimate of drug-likeness (QED) is 0.737. The Hall–Kier alpha value is -0.900. The fourth-order valence-corrected chi connectivity index (χ4v) is 1.66. The van der Waals surface area contributed by atoms with Crippen LogP contribution in [0.25, 0.3) is 0 Å². The molecule has 1 aromatic rings. The summed E-state index contributed by atoms with van der Waals surface area (Å²) >= 11 is 0. The summed E-state index contributed by atoms with van der Waals surface area (Å²) in [6, 6.07) is 10.0. The number of benzene rings is 1. The van der Waals surface area contributed by atoms with E-state index >= 15 is 0 Å². The Morgan fingerprint density at radius 3 is 2.56 bits per heavy atom. The number of aliphatic hydroxyl groups excluding tert-OH is 1. The first-order valence-electron chi connectivity index (χ1n) is 5.66. The molecule has 1 rings (SSSR count). The average molecular weight is 223 g/mol. The van der Waals surface area contributed by atoms with E-state index in [1.807, 2.05) is 30.3 Å². The SMILES string of the molecule is COCC(C)CN[C@H](CO)c1ccccc1. The Kier molecular flexibility index (Phi) is 6.08. The van der Waals surface area contributed by atoms with Gasteiger partial charge in [0.2, 0.25) is 0 Å². The lowest BCUT2D eigenvalue weighted by Crippen LogP contribution is -2.30. The van der Waals surface area contributed by atoms with Crippen LogP contribution < -0.4 is 5.32 Å². The van der Waals surface area contributed by atoms with E-state index in [1.165, 1.54) is 0 Å². The van der Waals surface area contributed by atoms with Crippen LogP contribution in [0.15, 0.2) is 30.3 Å². The second-order valence-electron chi connectivity index (χ2n) is 4.11. The van der Waals surface area contributed by atoms with Gasteiger partial charge in [0.15, 0.2) is 0 Å². The highest BCUT2D eigenvalue weighted by Crippen LogP contribution is 2.11. The molecule has 3 heteroatoms. The summed E-state index contributed by atoms with van der Waals surface area (Å²) in [6.07, 6.45) is 0. The molecule has 0 saturated heterocycles. The van der Waals surface area contributed by atoms with Crippen molar-refractivity contribution >= 4 is 0 Å².